The van der Waals surface area contributed by atoms with E-state index in [0.29, 0.717) is 5.41 Å². The molecule has 0 bridgehead atoms. The van der Waals surface area contributed by atoms with Gasteiger partial charge in [-0.2, -0.15) is 0 Å². The van der Waals surface area contributed by atoms with Crippen LogP contribution in [-0.2, 0) is 4.79 Å². The van der Waals surface area contributed by atoms with E-state index in [4.69, 9.17) is 0 Å². The molecular formula is C14H29NO. The maximum atomic E-state index is 11.9. The third kappa shape index (κ3) is 6.86. The largest absolute Gasteiger partial charge is 0.351 e. The molecule has 0 aliphatic rings. The molecule has 0 saturated carbocycles. The summed E-state index contributed by atoms with van der Waals surface area (Å²) >= 11 is 0. The van der Waals surface area contributed by atoms with Gasteiger partial charge < -0.3 is 5.32 Å². The van der Waals surface area contributed by atoms with Crippen molar-refractivity contribution in [2.75, 3.05) is 0 Å². The quantitative estimate of drug-likeness (QED) is 0.781. The topological polar surface area (TPSA) is 29.1 Å². The number of hydrogen-bond donors (Lipinski definition) is 1. The van der Waals surface area contributed by atoms with Gasteiger partial charge in [0.25, 0.3) is 0 Å². The van der Waals surface area contributed by atoms with Crippen molar-refractivity contribution in [3.05, 3.63) is 0 Å². The van der Waals surface area contributed by atoms with Crippen LogP contribution in [0.3, 0.4) is 0 Å². The standard InChI is InChI=1S/C14H29NO/c1-12(2,3)9-10-14(7,8)15-11(16)13(4,5)6/h9-10H2,1-8H3,(H,15,16). The van der Waals surface area contributed by atoms with Crippen LogP contribution >= 0.6 is 0 Å². The van der Waals surface area contributed by atoms with E-state index >= 15 is 0 Å². The molecule has 16 heavy (non-hydrogen) atoms. The zero-order valence-corrected chi connectivity index (χ0v) is 12.3. The van der Waals surface area contributed by atoms with Crippen LogP contribution in [0.25, 0.3) is 0 Å². The maximum Gasteiger partial charge on any atom is 0.225 e. The van der Waals surface area contributed by atoms with E-state index in [2.05, 4.69) is 39.9 Å². The van der Waals surface area contributed by atoms with Crippen molar-refractivity contribution in [1.82, 2.24) is 5.32 Å². The number of amides is 1. The normalized spacial score (nSPS) is 13.8. The van der Waals surface area contributed by atoms with Crippen molar-refractivity contribution in [1.29, 1.82) is 0 Å². The van der Waals surface area contributed by atoms with E-state index in [1.165, 1.54) is 0 Å². The van der Waals surface area contributed by atoms with Crippen LogP contribution in [0.5, 0.6) is 0 Å². The smallest absolute Gasteiger partial charge is 0.225 e. The molecule has 0 unspecified atom stereocenters. The van der Waals surface area contributed by atoms with Crippen LogP contribution in [0.1, 0.15) is 68.2 Å². The Morgan fingerprint density at radius 3 is 1.62 bits per heavy atom. The minimum Gasteiger partial charge on any atom is -0.351 e. The Balaban J connectivity index is 4.31. The second kappa shape index (κ2) is 4.77. The van der Waals surface area contributed by atoms with Gasteiger partial charge in [-0.25, -0.2) is 0 Å². The summed E-state index contributed by atoms with van der Waals surface area (Å²) in [6.07, 6.45) is 2.13. The van der Waals surface area contributed by atoms with Crippen LogP contribution in [0.2, 0.25) is 0 Å². The fourth-order valence-electron chi connectivity index (χ4n) is 1.24. The number of nitrogens with one attached hydrogen (secondary N) is 1. The second-order valence-electron chi connectivity index (χ2n) is 7.65. The molecule has 0 fully saturated rings. The van der Waals surface area contributed by atoms with Gasteiger partial charge in [0, 0.05) is 11.0 Å². The Bertz CT molecular complexity index is 240. The van der Waals surface area contributed by atoms with Gasteiger partial charge in [0.1, 0.15) is 0 Å². The summed E-state index contributed by atoms with van der Waals surface area (Å²) in [6, 6.07) is 0. The highest BCUT2D eigenvalue weighted by atomic mass is 16.2. The third-order valence-electron chi connectivity index (χ3n) is 2.63. The van der Waals surface area contributed by atoms with Gasteiger partial charge in [0.15, 0.2) is 0 Å². The average Bonchev–Trinajstić information content (AvgIpc) is 1.97. The number of carbonyl (C=O) groups is 1. The zero-order valence-electron chi connectivity index (χ0n) is 12.3. The van der Waals surface area contributed by atoms with Gasteiger partial charge in [0.05, 0.1) is 0 Å². The fourth-order valence-corrected chi connectivity index (χ4v) is 1.24. The lowest BCUT2D eigenvalue weighted by molar-refractivity contribution is -0.130. The highest BCUT2D eigenvalue weighted by Gasteiger charge is 2.28. The van der Waals surface area contributed by atoms with Crippen LogP contribution in [-0.4, -0.2) is 11.4 Å². The lowest BCUT2D eigenvalue weighted by Gasteiger charge is -2.32. The van der Waals surface area contributed by atoms with Gasteiger partial charge in [-0.1, -0.05) is 41.5 Å². The summed E-state index contributed by atoms with van der Waals surface area (Å²) < 4.78 is 0. The molecule has 2 heteroatoms. The van der Waals surface area contributed by atoms with Crippen molar-refractivity contribution in [3.63, 3.8) is 0 Å². The number of carbonyl (C=O) groups excluding carboxylic acids is 1. The van der Waals surface area contributed by atoms with Gasteiger partial charge in [-0.15, -0.1) is 0 Å². The Kier molecular flexibility index (Phi) is 4.61. The molecular weight excluding hydrogens is 198 g/mol. The van der Waals surface area contributed by atoms with Crippen molar-refractivity contribution in [2.24, 2.45) is 10.8 Å². The highest BCUT2D eigenvalue weighted by molar-refractivity contribution is 5.81. The molecule has 0 rings (SSSR count). The van der Waals surface area contributed by atoms with Crippen LogP contribution in [0.4, 0.5) is 0 Å². The molecule has 0 saturated heterocycles. The summed E-state index contributed by atoms with van der Waals surface area (Å²) in [6.45, 7) is 16.7. The van der Waals surface area contributed by atoms with Crippen molar-refractivity contribution in [3.8, 4) is 0 Å². The highest BCUT2D eigenvalue weighted by Crippen LogP contribution is 2.26. The van der Waals surface area contributed by atoms with E-state index in [-0.39, 0.29) is 16.9 Å². The lowest BCUT2D eigenvalue weighted by Crippen LogP contribution is -2.48. The summed E-state index contributed by atoms with van der Waals surface area (Å²) in [5.74, 6) is 0.131. The van der Waals surface area contributed by atoms with E-state index in [1.807, 2.05) is 20.8 Å². The third-order valence-corrected chi connectivity index (χ3v) is 2.63. The summed E-state index contributed by atoms with van der Waals surface area (Å²) in [5, 5.41) is 3.13. The predicted octanol–water partition coefficient (Wildman–Crippen LogP) is 3.75. The van der Waals surface area contributed by atoms with Crippen LogP contribution < -0.4 is 5.32 Å². The van der Waals surface area contributed by atoms with E-state index in [0.717, 1.165) is 12.8 Å². The Labute approximate surface area is 101 Å². The molecule has 1 N–H and O–H groups in total. The van der Waals surface area contributed by atoms with Gasteiger partial charge in [-0.3, -0.25) is 4.79 Å². The molecule has 0 radical (unpaired) electrons. The molecule has 0 aliphatic heterocycles. The number of hydrogen-bond acceptors (Lipinski definition) is 1. The van der Waals surface area contributed by atoms with Crippen LogP contribution in [0.15, 0.2) is 0 Å². The first-order valence-corrected chi connectivity index (χ1v) is 6.16. The van der Waals surface area contributed by atoms with Gasteiger partial charge in [0.2, 0.25) is 5.91 Å². The number of rotatable bonds is 3. The minimum atomic E-state index is -0.307. The van der Waals surface area contributed by atoms with Crippen molar-refractivity contribution >= 4 is 5.91 Å². The molecule has 0 aromatic rings. The molecule has 0 spiro atoms. The second-order valence-corrected chi connectivity index (χ2v) is 7.65. The maximum absolute atomic E-state index is 11.9. The molecule has 0 aromatic heterocycles. The molecule has 0 aliphatic carbocycles. The lowest BCUT2D eigenvalue weighted by atomic mass is 9.84. The molecule has 1 amide bonds. The summed E-state index contributed by atoms with van der Waals surface area (Å²) in [7, 11) is 0. The van der Waals surface area contributed by atoms with Crippen LogP contribution in [0, 0.1) is 10.8 Å². The van der Waals surface area contributed by atoms with E-state index < -0.39 is 0 Å². The Morgan fingerprint density at radius 1 is 0.875 bits per heavy atom. The van der Waals surface area contributed by atoms with Crippen molar-refractivity contribution < 1.29 is 4.79 Å². The SMILES string of the molecule is CC(C)(C)CCC(C)(C)NC(=O)C(C)(C)C. The Morgan fingerprint density at radius 2 is 1.31 bits per heavy atom. The van der Waals surface area contributed by atoms with Gasteiger partial charge >= 0.3 is 0 Å². The molecule has 0 atom stereocenters. The first-order chi connectivity index (χ1) is 6.83. The molecule has 96 valence electrons. The molecule has 2 nitrogen and oxygen atoms in total. The average molecular weight is 227 g/mol. The molecule has 0 aromatic carbocycles. The van der Waals surface area contributed by atoms with E-state index in [1.54, 1.807) is 0 Å². The Hall–Kier alpha value is -0.530. The summed E-state index contributed by atoms with van der Waals surface area (Å²) in [5.41, 5.74) is -0.0968. The first kappa shape index (κ1) is 15.5. The first-order valence-electron chi connectivity index (χ1n) is 6.16. The summed E-state index contributed by atoms with van der Waals surface area (Å²) in [4.78, 5) is 11.9. The predicted molar refractivity (Wildman–Crippen MR) is 70.4 cm³/mol. The van der Waals surface area contributed by atoms with E-state index in [9.17, 15) is 4.79 Å². The van der Waals surface area contributed by atoms with Gasteiger partial charge in [-0.05, 0) is 32.1 Å². The fraction of sp³-hybridized carbons (Fsp3) is 0.929. The van der Waals surface area contributed by atoms with Crippen molar-refractivity contribution in [2.45, 2.75) is 73.8 Å². The molecule has 0 heterocycles. The minimum absolute atomic E-state index is 0.113. The zero-order chi connectivity index (χ0) is 13.2. The monoisotopic (exact) mass is 227 g/mol.